The lowest BCUT2D eigenvalue weighted by Gasteiger charge is -2.25. The molecule has 196 valence electrons. The number of rotatable bonds is 7. The SMILES string of the molecule is COc1ccc(/C(O)=C2/C(=O)C(=O)N(c3ccc(C(=O)OC(C)C)cc3)C2c2ccccc2)cc1C(C)C. The number of esters is 1. The van der Waals surface area contributed by atoms with Crippen LogP contribution in [0.1, 0.15) is 66.7 Å². The second-order valence-electron chi connectivity index (χ2n) is 9.69. The van der Waals surface area contributed by atoms with Gasteiger partial charge in [-0.3, -0.25) is 14.5 Å². The summed E-state index contributed by atoms with van der Waals surface area (Å²) in [7, 11) is 1.58. The van der Waals surface area contributed by atoms with Crippen LogP contribution in [-0.4, -0.2) is 36.0 Å². The lowest BCUT2D eigenvalue weighted by molar-refractivity contribution is -0.132. The summed E-state index contributed by atoms with van der Waals surface area (Å²) >= 11 is 0. The van der Waals surface area contributed by atoms with E-state index in [9.17, 15) is 19.5 Å². The minimum Gasteiger partial charge on any atom is -0.507 e. The van der Waals surface area contributed by atoms with E-state index in [0.29, 0.717) is 28.1 Å². The summed E-state index contributed by atoms with van der Waals surface area (Å²) in [6.45, 7) is 7.54. The van der Waals surface area contributed by atoms with Crippen molar-refractivity contribution in [1.82, 2.24) is 0 Å². The summed E-state index contributed by atoms with van der Waals surface area (Å²) in [4.78, 5) is 40.5. The maximum atomic E-state index is 13.4. The van der Waals surface area contributed by atoms with Crippen LogP contribution in [0.25, 0.3) is 5.76 Å². The van der Waals surface area contributed by atoms with E-state index in [0.717, 1.165) is 5.56 Å². The van der Waals surface area contributed by atoms with E-state index in [4.69, 9.17) is 9.47 Å². The van der Waals surface area contributed by atoms with Gasteiger partial charge in [0.25, 0.3) is 11.7 Å². The molecule has 0 aromatic heterocycles. The molecule has 3 aromatic rings. The first kappa shape index (κ1) is 26.7. The molecule has 7 heteroatoms. The molecule has 0 bridgehead atoms. The summed E-state index contributed by atoms with van der Waals surface area (Å²) < 4.78 is 10.7. The van der Waals surface area contributed by atoms with E-state index in [1.54, 1.807) is 75.6 Å². The number of ether oxygens (including phenoxy) is 2. The first-order valence-electron chi connectivity index (χ1n) is 12.5. The summed E-state index contributed by atoms with van der Waals surface area (Å²) in [5.41, 5.74) is 2.68. The Kier molecular flexibility index (Phi) is 7.67. The average Bonchev–Trinajstić information content (AvgIpc) is 3.18. The van der Waals surface area contributed by atoms with Crippen molar-refractivity contribution in [3.05, 3.63) is 101 Å². The van der Waals surface area contributed by atoms with Crippen molar-refractivity contribution in [1.29, 1.82) is 0 Å². The molecule has 4 rings (SSSR count). The third-order valence-corrected chi connectivity index (χ3v) is 6.41. The molecule has 0 saturated carbocycles. The highest BCUT2D eigenvalue weighted by Gasteiger charge is 2.47. The van der Waals surface area contributed by atoms with Crippen molar-refractivity contribution < 1.29 is 29.0 Å². The number of Topliss-reactive ketones (excluding diaryl/α,β-unsaturated/α-hetero) is 1. The zero-order valence-electron chi connectivity index (χ0n) is 22.1. The van der Waals surface area contributed by atoms with Crippen molar-refractivity contribution in [2.75, 3.05) is 12.0 Å². The fourth-order valence-corrected chi connectivity index (χ4v) is 4.58. The summed E-state index contributed by atoms with van der Waals surface area (Å²) in [6.07, 6.45) is -0.271. The van der Waals surface area contributed by atoms with Crippen molar-refractivity contribution in [2.45, 2.75) is 45.8 Å². The molecule has 1 amide bonds. The van der Waals surface area contributed by atoms with Crippen molar-refractivity contribution >= 4 is 29.1 Å². The van der Waals surface area contributed by atoms with E-state index in [1.165, 1.54) is 4.90 Å². The van der Waals surface area contributed by atoms with Gasteiger partial charge in [0.2, 0.25) is 0 Å². The smallest absolute Gasteiger partial charge is 0.338 e. The fourth-order valence-electron chi connectivity index (χ4n) is 4.58. The molecule has 1 fully saturated rings. The summed E-state index contributed by atoms with van der Waals surface area (Å²) in [6, 6.07) is 19.7. The predicted molar refractivity (Wildman–Crippen MR) is 145 cm³/mol. The van der Waals surface area contributed by atoms with Crippen LogP contribution in [-0.2, 0) is 14.3 Å². The van der Waals surface area contributed by atoms with Gasteiger partial charge in [-0.2, -0.15) is 0 Å². The molecule has 1 unspecified atom stereocenters. The number of amides is 1. The van der Waals surface area contributed by atoms with Crippen molar-refractivity contribution in [2.24, 2.45) is 0 Å². The van der Waals surface area contributed by atoms with Gasteiger partial charge in [-0.1, -0.05) is 44.2 Å². The van der Waals surface area contributed by atoms with E-state index >= 15 is 0 Å². The van der Waals surface area contributed by atoms with Crippen LogP contribution < -0.4 is 9.64 Å². The van der Waals surface area contributed by atoms with E-state index < -0.39 is 23.7 Å². The number of aliphatic hydroxyl groups excluding tert-OH is 1. The monoisotopic (exact) mass is 513 g/mol. The Bertz CT molecular complexity index is 1390. The van der Waals surface area contributed by atoms with Gasteiger partial charge in [-0.15, -0.1) is 0 Å². The molecule has 1 atom stereocenters. The molecule has 1 saturated heterocycles. The van der Waals surface area contributed by atoms with Gasteiger partial charge >= 0.3 is 5.97 Å². The molecule has 1 aliphatic heterocycles. The minimum atomic E-state index is -0.866. The summed E-state index contributed by atoms with van der Waals surface area (Å²) in [5, 5.41) is 11.5. The number of nitrogens with zero attached hydrogens (tertiary/aromatic N) is 1. The number of carbonyl (C=O) groups excluding carboxylic acids is 3. The number of hydrogen-bond donors (Lipinski definition) is 1. The number of ketones is 1. The van der Waals surface area contributed by atoms with E-state index in [2.05, 4.69) is 0 Å². The maximum absolute atomic E-state index is 13.4. The zero-order chi connectivity index (χ0) is 27.6. The first-order chi connectivity index (χ1) is 18.1. The third kappa shape index (κ3) is 5.05. The number of hydrogen-bond acceptors (Lipinski definition) is 6. The lowest BCUT2D eigenvalue weighted by Crippen LogP contribution is -2.29. The molecular formula is C31H31NO6. The number of carbonyl (C=O) groups is 3. The lowest BCUT2D eigenvalue weighted by atomic mass is 9.93. The van der Waals surface area contributed by atoms with Gasteiger partial charge < -0.3 is 14.6 Å². The quantitative estimate of drug-likeness (QED) is 0.180. The Morgan fingerprint density at radius 1 is 0.895 bits per heavy atom. The molecule has 0 spiro atoms. The second-order valence-corrected chi connectivity index (χ2v) is 9.69. The Morgan fingerprint density at radius 2 is 1.53 bits per heavy atom. The van der Waals surface area contributed by atoms with Crippen molar-refractivity contribution in [3.63, 3.8) is 0 Å². The predicted octanol–water partition coefficient (Wildman–Crippen LogP) is 6.01. The van der Waals surface area contributed by atoms with Crippen LogP contribution in [0.4, 0.5) is 5.69 Å². The Balaban J connectivity index is 1.84. The number of aliphatic hydroxyl groups is 1. The fraction of sp³-hybridized carbons (Fsp3) is 0.258. The second kappa shape index (κ2) is 10.9. The first-order valence-corrected chi connectivity index (χ1v) is 12.5. The van der Waals surface area contributed by atoms with Gasteiger partial charge in [0, 0.05) is 11.3 Å². The van der Waals surface area contributed by atoms with E-state index in [-0.39, 0.29) is 23.4 Å². The summed E-state index contributed by atoms with van der Waals surface area (Å²) in [5.74, 6) is -1.52. The van der Waals surface area contributed by atoms with Crippen LogP contribution in [0.3, 0.4) is 0 Å². The minimum absolute atomic E-state index is 0.00985. The Morgan fingerprint density at radius 3 is 2.11 bits per heavy atom. The Hall–Kier alpha value is -4.39. The van der Waals surface area contributed by atoms with Gasteiger partial charge in [-0.05, 0) is 73.4 Å². The number of benzene rings is 3. The van der Waals surface area contributed by atoms with Gasteiger partial charge in [0.15, 0.2) is 0 Å². The highest BCUT2D eigenvalue weighted by atomic mass is 16.5. The topological polar surface area (TPSA) is 93.1 Å². The third-order valence-electron chi connectivity index (χ3n) is 6.41. The maximum Gasteiger partial charge on any atom is 0.338 e. The van der Waals surface area contributed by atoms with Gasteiger partial charge in [-0.25, -0.2) is 4.79 Å². The molecule has 1 N–H and O–H groups in total. The molecule has 3 aromatic carbocycles. The van der Waals surface area contributed by atoms with Crippen LogP contribution in [0.2, 0.25) is 0 Å². The standard InChI is InChI=1S/C31H31NO6/c1-18(2)24-17-22(13-16-25(24)37-5)28(33)26-27(20-9-7-6-8-10-20)32(30(35)29(26)34)23-14-11-21(12-15-23)31(36)38-19(3)4/h6-19,27,33H,1-5H3/b28-26-. The molecular weight excluding hydrogens is 482 g/mol. The number of anilines is 1. The molecule has 0 radical (unpaired) electrons. The average molecular weight is 514 g/mol. The molecule has 1 heterocycles. The highest BCUT2D eigenvalue weighted by Crippen LogP contribution is 2.42. The zero-order valence-corrected chi connectivity index (χ0v) is 22.1. The normalized spacial score (nSPS) is 16.8. The van der Waals surface area contributed by atoms with Crippen LogP contribution >= 0.6 is 0 Å². The highest BCUT2D eigenvalue weighted by molar-refractivity contribution is 6.51. The molecule has 0 aliphatic carbocycles. The van der Waals surface area contributed by atoms with E-state index in [1.807, 2.05) is 32.0 Å². The van der Waals surface area contributed by atoms with Gasteiger partial charge in [0.1, 0.15) is 11.5 Å². The van der Waals surface area contributed by atoms with Crippen LogP contribution in [0.15, 0.2) is 78.4 Å². The van der Waals surface area contributed by atoms with Gasteiger partial charge in [0.05, 0.1) is 30.4 Å². The Labute approximate surface area is 222 Å². The largest absolute Gasteiger partial charge is 0.507 e. The number of methoxy groups -OCH3 is 1. The molecule has 7 nitrogen and oxygen atoms in total. The van der Waals surface area contributed by atoms with Crippen LogP contribution in [0.5, 0.6) is 5.75 Å². The van der Waals surface area contributed by atoms with Crippen LogP contribution in [0, 0.1) is 0 Å². The van der Waals surface area contributed by atoms with Crippen molar-refractivity contribution in [3.8, 4) is 5.75 Å². The molecule has 38 heavy (non-hydrogen) atoms. The molecule has 1 aliphatic rings.